The number of hydrogen-bond donors (Lipinski definition) is 1. The summed E-state index contributed by atoms with van der Waals surface area (Å²) in [7, 11) is 0. The van der Waals surface area contributed by atoms with Gasteiger partial charge in [0.25, 0.3) is 0 Å². The van der Waals surface area contributed by atoms with Crippen molar-refractivity contribution in [2.45, 2.75) is 37.0 Å². The minimum atomic E-state index is 0.321. The van der Waals surface area contributed by atoms with Crippen molar-refractivity contribution in [3.05, 3.63) is 23.2 Å². The number of thioether (sulfide) groups is 1. The Morgan fingerprint density at radius 3 is 2.84 bits per heavy atom. The highest BCUT2D eigenvalue weighted by Gasteiger charge is 2.34. The number of halogens is 1. The van der Waals surface area contributed by atoms with Gasteiger partial charge in [-0.15, -0.1) is 0 Å². The normalized spacial score (nSPS) is 18.2. The maximum Gasteiger partial charge on any atom is 0.201 e. The van der Waals surface area contributed by atoms with Gasteiger partial charge in [-0.1, -0.05) is 24.4 Å². The topological polar surface area (TPSA) is 43.8 Å². The van der Waals surface area contributed by atoms with Crippen molar-refractivity contribution in [3.8, 4) is 0 Å². The Morgan fingerprint density at radius 2 is 2.16 bits per heavy atom. The van der Waals surface area contributed by atoms with E-state index in [1.54, 1.807) is 0 Å². The van der Waals surface area contributed by atoms with E-state index in [0.717, 1.165) is 17.6 Å². The number of nitrogens with two attached hydrogens (primary N) is 1. The van der Waals surface area contributed by atoms with E-state index in [-0.39, 0.29) is 0 Å². The van der Waals surface area contributed by atoms with Crippen LogP contribution >= 0.6 is 23.4 Å². The second kappa shape index (κ2) is 4.91. The summed E-state index contributed by atoms with van der Waals surface area (Å²) < 4.78 is 2.47. The number of nitrogens with zero attached hydrogens (tertiary/aromatic N) is 2. The predicted octanol–water partition coefficient (Wildman–Crippen LogP) is 3.95. The zero-order valence-electron chi connectivity index (χ0n) is 11.0. The molecule has 1 saturated carbocycles. The Balaban J connectivity index is 2.02. The molecular formula is C14H18ClN3S. The van der Waals surface area contributed by atoms with E-state index in [0.29, 0.717) is 15.7 Å². The molecule has 1 aromatic carbocycles. The van der Waals surface area contributed by atoms with Gasteiger partial charge in [0.1, 0.15) is 0 Å². The molecule has 0 aliphatic heterocycles. The van der Waals surface area contributed by atoms with Crippen LogP contribution in [0.5, 0.6) is 0 Å². The van der Waals surface area contributed by atoms with Crippen molar-refractivity contribution < 1.29 is 0 Å². The minimum absolute atomic E-state index is 0.321. The van der Waals surface area contributed by atoms with Crippen LogP contribution in [0, 0.1) is 0 Å². The van der Waals surface area contributed by atoms with Crippen LogP contribution in [0.1, 0.15) is 25.7 Å². The Bertz CT molecular complexity index is 602. The molecule has 1 aromatic heterocycles. The maximum atomic E-state index is 6.09. The molecule has 1 aliphatic carbocycles. The van der Waals surface area contributed by atoms with Gasteiger partial charge >= 0.3 is 0 Å². The lowest BCUT2D eigenvalue weighted by Gasteiger charge is -2.27. The summed E-state index contributed by atoms with van der Waals surface area (Å²) >= 11 is 7.98. The lowest BCUT2D eigenvalue weighted by molar-refractivity contribution is 0.518. The van der Waals surface area contributed by atoms with Gasteiger partial charge in [-0.05, 0) is 37.3 Å². The van der Waals surface area contributed by atoms with Crippen molar-refractivity contribution in [3.63, 3.8) is 0 Å². The fourth-order valence-corrected chi connectivity index (χ4v) is 4.14. The molecule has 5 heteroatoms. The molecule has 2 aromatic rings. The van der Waals surface area contributed by atoms with E-state index >= 15 is 0 Å². The SMILES string of the molecule is CSC1(Cn2c(N)nc3cc(Cl)ccc32)CCCC1. The van der Waals surface area contributed by atoms with Gasteiger partial charge in [-0.25, -0.2) is 4.98 Å². The Hall–Kier alpha value is -0.870. The second-order valence-corrected chi connectivity index (χ2v) is 6.99. The molecule has 0 radical (unpaired) electrons. The molecule has 2 N–H and O–H groups in total. The first-order valence-electron chi connectivity index (χ1n) is 6.60. The van der Waals surface area contributed by atoms with Crippen molar-refractivity contribution in [1.82, 2.24) is 9.55 Å². The number of hydrogen-bond acceptors (Lipinski definition) is 3. The van der Waals surface area contributed by atoms with Crippen LogP contribution in [0.4, 0.5) is 5.95 Å². The lowest BCUT2D eigenvalue weighted by atomic mass is 10.1. The zero-order chi connectivity index (χ0) is 13.5. The van der Waals surface area contributed by atoms with Crippen molar-refractivity contribution in [2.24, 2.45) is 0 Å². The van der Waals surface area contributed by atoms with Crippen LogP contribution in [-0.4, -0.2) is 20.6 Å². The van der Waals surface area contributed by atoms with Gasteiger partial charge in [0.05, 0.1) is 11.0 Å². The Morgan fingerprint density at radius 1 is 1.42 bits per heavy atom. The molecule has 1 heterocycles. The van der Waals surface area contributed by atoms with Gasteiger partial charge in [0.15, 0.2) is 0 Å². The van der Waals surface area contributed by atoms with Crippen molar-refractivity contribution in [1.29, 1.82) is 0 Å². The van der Waals surface area contributed by atoms with Crippen LogP contribution in [0.15, 0.2) is 18.2 Å². The van der Waals surface area contributed by atoms with E-state index in [4.69, 9.17) is 17.3 Å². The van der Waals surface area contributed by atoms with E-state index < -0.39 is 0 Å². The molecule has 19 heavy (non-hydrogen) atoms. The fourth-order valence-electron chi connectivity index (χ4n) is 3.02. The summed E-state index contributed by atoms with van der Waals surface area (Å²) in [5, 5.41) is 0.706. The number of fused-ring (bicyclic) bond motifs is 1. The molecular weight excluding hydrogens is 278 g/mol. The summed E-state index contributed by atoms with van der Waals surface area (Å²) in [4.78, 5) is 4.43. The first-order valence-corrected chi connectivity index (χ1v) is 8.20. The van der Waals surface area contributed by atoms with Gasteiger partial charge in [-0.3, -0.25) is 0 Å². The molecule has 1 aliphatic rings. The highest BCUT2D eigenvalue weighted by atomic mass is 35.5. The summed E-state index contributed by atoms with van der Waals surface area (Å²) in [5.41, 5.74) is 8.07. The minimum Gasteiger partial charge on any atom is -0.369 e. The molecule has 0 bridgehead atoms. The van der Waals surface area contributed by atoms with Crippen molar-refractivity contribution in [2.75, 3.05) is 12.0 Å². The van der Waals surface area contributed by atoms with Crippen molar-refractivity contribution >= 4 is 40.3 Å². The molecule has 0 atom stereocenters. The molecule has 0 saturated heterocycles. The largest absolute Gasteiger partial charge is 0.369 e. The molecule has 0 unspecified atom stereocenters. The molecule has 1 fully saturated rings. The number of anilines is 1. The third-order valence-corrected chi connectivity index (χ3v) is 5.77. The average molecular weight is 296 g/mol. The predicted molar refractivity (Wildman–Crippen MR) is 83.9 cm³/mol. The average Bonchev–Trinajstić information content (AvgIpc) is 2.96. The summed E-state index contributed by atoms with van der Waals surface area (Å²) in [6.45, 7) is 0.943. The number of rotatable bonds is 3. The second-order valence-electron chi connectivity index (χ2n) is 5.28. The fraction of sp³-hybridized carbons (Fsp3) is 0.500. The third kappa shape index (κ3) is 2.32. The number of benzene rings is 1. The third-order valence-electron chi connectivity index (χ3n) is 4.13. The highest BCUT2D eigenvalue weighted by Crippen LogP contribution is 2.42. The maximum absolute atomic E-state index is 6.09. The molecule has 3 nitrogen and oxygen atoms in total. The van der Waals surface area contributed by atoms with Crippen LogP contribution in [0.25, 0.3) is 11.0 Å². The zero-order valence-corrected chi connectivity index (χ0v) is 12.6. The van der Waals surface area contributed by atoms with E-state index in [1.165, 1.54) is 25.7 Å². The van der Waals surface area contributed by atoms with Gasteiger partial charge in [0, 0.05) is 16.3 Å². The highest BCUT2D eigenvalue weighted by molar-refractivity contribution is 8.00. The van der Waals surface area contributed by atoms with Gasteiger partial charge < -0.3 is 10.3 Å². The Labute approximate surface area is 122 Å². The van der Waals surface area contributed by atoms with Crippen LogP contribution in [0.2, 0.25) is 5.02 Å². The molecule has 0 spiro atoms. The van der Waals surface area contributed by atoms with E-state index in [1.807, 2.05) is 30.0 Å². The Kier molecular flexibility index (Phi) is 3.39. The van der Waals surface area contributed by atoms with E-state index in [2.05, 4.69) is 15.8 Å². The number of aromatic nitrogens is 2. The van der Waals surface area contributed by atoms with Crippen LogP contribution in [-0.2, 0) is 6.54 Å². The number of imidazole rings is 1. The standard InChI is InChI=1S/C14H18ClN3S/c1-19-14(6-2-3-7-14)9-18-12-5-4-10(15)8-11(12)17-13(18)16/h4-5,8H,2-3,6-7,9H2,1H3,(H2,16,17). The summed E-state index contributed by atoms with van der Waals surface area (Å²) in [6.07, 6.45) is 7.37. The monoisotopic (exact) mass is 295 g/mol. The molecule has 0 amide bonds. The summed E-state index contributed by atoms with van der Waals surface area (Å²) in [6, 6.07) is 5.80. The van der Waals surface area contributed by atoms with Crippen LogP contribution < -0.4 is 5.73 Å². The van der Waals surface area contributed by atoms with E-state index in [9.17, 15) is 0 Å². The first kappa shape index (κ1) is 13.1. The number of nitrogen functional groups attached to an aromatic ring is 1. The molecule has 102 valence electrons. The lowest BCUT2D eigenvalue weighted by Crippen LogP contribution is -2.27. The quantitative estimate of drug-likeness (QED) is 0.932. The molecule has 3 rings (SSSR count). The van der Waals surface area contributed by atoms with Gasteiger partial charge in [0.2, 0.25) is 5.95 Å². The van der Waals surface area contributed by atoms with Gasteiger partial charge in [-0.2, -0.15) is 11.8 Å². The first-order chi connectivity index (χ1) is 9.13. The van der Waals surface area contributed by atoms with Crippen LogP contribution in [0.3, 0.4) is 0 Å². The summed E-state index contributed by atoms with van der Waals surface area (Å²) in [5.74, 6) is 0.595. The smallest absolute Gasteiger partial charge is 0.201 e.